The van der Waals surface area contributed by atoms with Crippen molar-refractivity contribution in [2.24, 2.45) is 10.9 Å². The van der Waals surface area contributed by atoms with Crippen molar-refractivity contribution in [3.63, 3.8) is 0 Å². The van der Waals surface area contributed by atoms with Gasteiger partial charge in [-0.3, -0.25) is 4.99 Å². The van der Waals surface area contributed by atoms with E-state index in [0.29, 0.717) is 11.6 Å². The molecule has 126 valence electrons. The molecule has 1 aliphatic rings. The van der Waals surface area contributed by atoms with Crippen molar-refractivity contribution in [1.29, 1.82) is 0 Å². The van der Waals surface area contributed by atoms with Gasteiger partial charge in [0.05, 0.1) is 19.6 Å². The van der Waals surface area contributed by atoms with Gasteiger partial charge < -0.3 is 15.2 Å². The Hall–Kier alpha value is -1.81. The van der Waals surface area contributed by atoms with Gasteiger partial charge in [0.1, 0.15) is 5.75 Å². The number of ether oxygens (including phenoxy) is 1. The molecule has 0 bridgehead atoms. The highest BCUT2D eigenvalue weighted by Gasteiger charge is 2.28. The number of aliphatic hydroxyl groups is 1. The summed E-state index contributed by atoms with van der Waals surface area (Å²) in [5.41, 5.74) is 2.01. The van der Waals surface area contributed by atoms with Gasteiger partial charge in [0, 0.05) is 12.2 Å². The smallest absolute Gasteiger partial charge is 0.118 e. The number of aliphatic hydroxyl groups excluding tert-OH is 1. The first-order valence-corrected chi connectivity index (χ1v) is 8.41. The lowest BCUT2D eigenvalue weighted by atomic mass is 9.76. The van der Waals surface area contributed by atoms with Gasteiger partial charge in [0.15, 0.2) is 0 Å². The Kier molecular flexibility index (Phi) is 6.66. The van der Waals surface area contributed by atoms with Crippen LogP contribution in [0.15, 0.2) is 41.5 Å². The molecule has 1 aromatic rings. The van der Waals surface area contributed by atoms with Crippen LogP contribution >= 0.6 is 0 Å². The molecule has 4 heteroatoms. The van der Waals surface area contributed by atoms with Crippen LogP contribution in [0.4, 0.5) is 0 Å². The third kappa shape index (κ3) is 4.83. The highest BCUT2D eigenvalue weighted by molar-refractivity contribution is 5.57. The maximum atomic E-state index is 10.4. The minimum absolute atomic E-state index is 0.277. The average Bonchev–Trinajstić information content (AvgIpc) is 2.61. The summed E-state index contributed by atoms with van der Waals surface area (Å²) in [6.45, 7) is 6.63. The molecule has 0 aromatic heterocycles. The number of hydrogen-bond donors (Lipinski definition) is 2. The first-order chi connectivity index (χ1) is 11.2. The number of methoxy groups -OCH3 is 1. The Morgan fingerprint density at radius 2 is 2.00 bits per heavy atom. The largest absolute Gasteiger partial charge is 0.497 e. The quantitative estimate of drug-likeness (QED) is 0.598. The molecule has 0 spiro atoms. The molecule has 0 aliphatic heterocycles. The van der Waals surface area contributed by atoms with Crippen molar-refractivity contribution in [3.8, 4) is 5.75 Å². The fraction of sp³-hybridized carbons (Fsp3) is 0.526. The van der Waals surface area contributed by atoms with Crippen molar-refractivity contribution >= 4 is 6.34 Å². The number of hydrogen-bond acceptors (Lipinski definition) is 3. The van der Waals surface area contributed by atoms with Gasteiger partial charge >= 0.3 is 0 Å². The lowest BCUT2D eigenvalue weighted by Gasteiger charge is -2.32. The van der Waals surface area contributed by atoms with Gasteiger partial charge in [0.25, 0.3) is 0 Å². The lowest BCUT2D eigenvalue weighted by molar-refractivity contribution is 0.107. The van der Waals surface area contributed by atoms with Crippen LogP contribution in [0.25, 0.3) is 0 Å². The van der Waals surface area contributed by atoms with Gasteiger partial charge in [-0.15, -0.1) is 0 Å². The Labute approximate surface area is 139 Å². The maximum Gasteiger partial charge on any atom is 0.118 e. The highest BCUT2D eigenvalue weighted by Crippen LogP contribution is 2.38. The third-order valence-corrected chi connectivity index (χ3v) is 4.69. The predicted molar refractivity (Wildman–Crippen MR) is 95.0 cm³/mol. The zero-order valence-corrected chi connectivity index (χ0v) is 14.2. The fourth-order valence-corrected chi connectivity index (χ4v) is 3.23. The predicted octanol–water partition coefficient (Wildman–Crippen LogP) is 3.48. The van der Waals surface area contributed by atoms with E-state index < -0.39 is 6.10 Å². The van der Waals surface area contributed by atoms with Gasteiger partial charge in [-0.2, -0.15) is 0 Å². The molecule has 2 rings (SSSR count). The standard InChI is InChI=1S/C19H28N2O2/c1-4-20-13-21-14(2)19(22)17-7-5-15(6-8-17)16-9-11-18(23-3)12-10-16/h9-13,15,17,19,22H,2,4-8H2,1,3H3,(H,20,21). The van der Waals surface area contributed by atoms with E-state index >= 15 is 0 Å². The molecule has 1 unspecified atom stereocenters. The molecular formula is C19H28N2O2. The molecule has 0 heterocycles. The summed E-state index contributed by atoms with van der Waals surface area (Å²) in [5, 5.41) is 13.4. The molecule has 4 nitrogen and oxygen atoms in total. The monoisotopic (exact) mass is 316 g/mol. The molecule has 1 aromatic carbocycles. The molecule has 0 radical (unpaired) electrons. The summed E-state index contributed by atoms with van der Waals surface area (Å²) in [6, 6.07) is 8.36. The van der Waals surface area contributed by atoms with Gasteiger partial charge in [-0.25, -0.2) is 0 Å². The van der Waals surface area contributed by atoms with Crippen LogP contribution in [-0.2, 0) is 0 Å². The summed E-state index contributed by atoms with van der Waals surface area (Å²) in [7, 11) is 1.69. The van der Waals surface area contributed by atoms with Crippen LogP contribution in [0.2, 0.25) is 0 Å². The number of aliphatic imine (C=N–C) groups is 1. The first-order valence-electron chi connectivity index (χ1n) is 8.41. The minimum Gasteiger partial charge on any atom is -0.497 e. The highest BCUT2D eigenvalue weighted by atomic mass is 16.5. The molecule has 23 heavy (non-hydrogen) atoms. The number of nitrogens with zero attached hydrogens (tertiary/aromatic N) is 1. The molecule has 1 saturated carbocycles. The molecular weight excluding hydrogens is 288 g/mol. The van der Waals surface area contributed by atoms with Crippen LogP contribution in [0.1, 0.15) is 44.1 Å². The summed E-state index contributed by atoms with van der Waals surface area (Å²) in [5.74, 6) is 1.75. The second kappa shape index (κ2) is 8.73. The normalized spacial score (nSPS) is 22.7. The SMILES string of the molecule is C=C(N/C=N\CC)C(O)C1CCC(c2ccc(OC)cc2)CC1. The van der Waals surface area contributed by atoms with Crippen LogP contribution in [-0.4, -0.2) is 31.2 Å². The van der Waals surface area contributed by atoms with Crippen molar-refractivity contribution in [3.05, 3.63) is 42.1 Å². The van der Waals surface area contributed by atoms with Gasteiger partial charge in [-0.1, -0.05) is 18.7 Å². The van der Waals surface area contributed by atoms with Gasteiger partial charge in [-0.05, 0) is 62.1 Å². The number of rotatable bonds is 7. The number of benzene rings is 1. The van der Waals surface area contributed by atoms with E-state index in [1.165, 1.54) is 5.56 Å². The Balaban J connectivity index is 1.84. The summed E-state index contributed by atoms with van der Waals surface area (Å²) < 4.78 is 5.21. The summed E-state index contributed by atoms with van der Waals surface area (Å²) >= 11 is 0. The summed E-state index contributed by atoms with van der Waals surface area (Å²) in [4.78, 5) is 4.09. The molecule has 0 saturated heterocycles. The zero-order chi connectivity index (χ0) is 16.7. The molecule has 1 aliphatic carbocycles. The fourth-order valence-electron chi connectivity index (χ4n) is 3.23. The molecule has 1 atom stereocenters. The molecule has 2 N–H and O–H groups in total. The zero-order valence-electron chi connectivity index (χ0n) is 14.2. The Morgan fingerprint density at radius 3 is 2.57 bits per heavy atom. The van der Waals surface area contributed by atoms with E-state index in [1.54, 1.807) is 13.4 Å². The number of nitrogens with one attached hydrogen (secondary N) is 1. The second-order valence-corrected chi connectivity index (χ2v) is 6.13. The van der Waals surface area contributed by atoms with Gasteiger partial charge in [0.2, 0.25) is 0 Å². The Morgan fingerprint density at radius 1 is 1.35 bits per heavy atom. The summed E-state index contributed by atoms with van der Waals surface area (Å²) in [6.07, 6.45) is 5.35. The van der Waals surface area contributed by atoms with E-state index in [4.69, 9.17) is 4.74 Å². The van der Waals surface area contributed by atoms with Crippen LogP contribution in [0.5, 0.6) is 5.75 Å². The minimum atomic E-state index is -0.505. The van der Waals surface area contributed by atoms with Crippen molar-refractivity contribution < 1.29 is 9.84 Å². The van der Waals surface area contributed by atoms with Crippen molar-refractivity contribution in [2.75, 3.05) is 13.7 Å². The van der Waals surface area contributed by atoms with Crippen molar-refractivity contribution in [2.45, 2.75) is 44.6 Å². The molecule has 0 amide bonds. The molecule has 1 fully saturated rings. The second-order valence-electron chi connectivity index (χ2n) is 6.13. The van der Waals surface area contributed by atoms with E-state index in [2.05, 4.69) is 29.0 Å². The topological polar surface area (TPSA) is 53.9 Å². The van der Waals surface area contributed by atoms with E-state index in [9.17, 15) is 5.11 Å². The maximum absolute atomic E-state index is 10.4. The van der Waals surface area contributed by atoms with Crippen LogP contribution in [0, 0.1) is 5.92 Å². The van der Waals surface area contributed by atoms with Crippen LogP contribution in [0.3, 0.4) is 0 Å². The first kappa shape index (κ1) is 17.5. The van der Waals surface area contributed by atoms with E-state index in [0.717, 1.165) is 38.0 Å². The average molecular weight is 316 g/mol. The lowest BCUT2D eigenvalue weighted by Crippen LogP contribution is -2.31. The van der Waals surface area contributed by atoms with E-state index in [-0.39, 0.29) is 5.92 Å². The Bertz CT molecular complexity index is 517. The third-order valence-electron chi connectivity index (χ3n) is 4.69. The van der Waals surface area contributed by atoms with Crippen LogP contribution < -0.4 is 10.1 Å². The van der Waals surface area contributed by atoms with E-state index in [1.807, 2.05) is 19.1 Å². The van der Waals surface area contributed by atoms with Crippen molar-refractivity contribution in [1.82, 2.24) is 5.32 Å².